The molecule has 7 heteroatoms. The van der Waals surface area contributed by atoms with Gasteiger partial charge in [-0.3, -0.25) is 4.79 Å². The van der Waals surface area contributed by atoms with Crippen LogP contribution in [-0.2, 0) is 11.0 Å². The van der Waals surface area contributed by atoms with Gasteiger partial charge in [-0.05, 0) is 24.3 Å². The number of methoxy groups -OCH3 is 1. The van der Waals surface area contributed by atoms with Gasteiger partial charge in [-0.2, -0.15) is 13.2 Å². The molecule has 0 heterocycles. The molecule has 0 aliphatic heterocycles. The van der Waals surface area contributed by atoms with Crippen molar-refractivity contribution in [2.75, 3.05) is 24.3 Å². The number of carbonyl (C=O) groups is 1. The highest BCUT2D eigenvalue weighted by atomic mass is 19.4. The van der Waals surface area contributed by atoms with E-state index >= 15 is 0 Å². The van der Waals surface area contributed by atoms with Crippen molar-refractivity contribution in [2.24, 2.45) is 0 Å². The third-order valence-corrected chi connectivity index (χ3v) is 3.28. The zero-order valence-electron chi connectivity index (χ0n) is 13.0. The predicted molar refractivity (Wildman–Crippen MR) is 86.2 cm³/mol. The summed E-state index contributed by atoms with van der Waals surface area (Å²) in [6, 6.07) is 12.1. The Kier molecular flexibility index (Phi) is 5.68. The van der Waals surface area contributed by atoms with E-state index in [1.54, 1.807) is 24.3 Å². The van der Waals surface area contributed by atoms with E-state index in [0.29, 0.717) is 11.4 Å². The summed E-state index contributed by atoms with van der Waals surface area (Å²) in [7, 11) is 1.49. The third-order valence-electron chi connectivity index (χ3n) is 3.28. The summed E-state index contributed by atoms with van der Waals surface area (Å²) < 4.78 is 43.7. The fourth-order valence-corrected chi connectivity index (χ4v) is 2.16. The SMILES string of the molecule is COc1ccccc1NC(=O)CCNc1ccccc1C(F)(F)F. The van der Waals surface area contributed by atoms with Crippen LogP contribution in [0.4, 0.5) is 24.5 Å². The molecule has 24 heavy (non-hydrogen) atoms. The molecule has 0 atom stereocenters. The Morgan fingerprint density at radius 3 is 2.33 bits per heavy atom. The number of carbonyl (C=O) groups excluding carboxylic acids is 1. The minimum Gasteiger partial charge on any atom is -0.495 e. The van der Waals surface area contributed by atoms with Crippen molar-refractivity contribution in [1.29, 1.82) is 0 Å². The van der Waals surface area contributed by atoms with Gasteiger partial charge in [0.1, 0.15) is 5.75 Å². The molecule has 0 saturated heterocycles. The molecule has 2 aromatic rings. The summed E-state index contributed by atoms with van der Waals surface area (Å²) in [4.78, 5) is 11.9. The minimum absolute atomic E-state index is 0.0181. The van der Waals surface area contributed by atoms with Gasteiger partial charge in [0.05, 0.1) is 18.4 Å². The number of halogens is 3. The zero-order valence-corrected chi connectivity index (χ0v) is 13.0. The second-order valence-corrected chi connectivity index (χ2v) is 4.97. The Labute approximate surface area is 137 Å². The Bertz CT molecular complexity index is 702. The van der Waals surface area contributed by atoms with Crippen LogP contribution in [0.25, 0.3) is 0 Å². The van der Waals surface area contributed by atoms with Crippen molar-refractivity contribution in [1.82, 2.24) is 0 Å². The number of nitrogens with one attached hydrogen (secondary N) is 2. The topological polar surface area (TPSA) is 50.4 Å². The van der Waals surface area contributed by atoms with Gasteiger partial charge in [-0.15, -0.1) is 0 Å². The molecule has 2 rings (SSSR count). The lowest BCUT2D eigenvalue weighted by Gasteiger charge is -2.14. The van der Waals surface area contributed by atoms with Crippen LogP contribution in [0, 0.1) is 0 Å². The molecule has 0 aliphatic carbocycles. The van der Waals surface area contributed by atoms with E-state index in [2.05, 4.69) is 10.6 Å². The highest BCUT2D eigenvalue weighted by Gasteiger charge is 2.33. The van der Waals surface area contributed by atoms with Crippen molar-refractivity contribution in [3.63, 3.8) is 0 Å². The summed E-state index contributed by atoms with van der Waals surface area (Å²) in [5.41, 5.74) is -0.286. The van der Waals surface area contributed by atoms with E-state index < -0.39 is 11.7 Å². The first kappa shape index (κ1) is 17.7. The van der Waals surface area contributed by atoms with E-state index in [9.17, 15) is 18.0 Å². The normalized spacial score (nSPS) is 11.0. The molecule has 0 fully saturated rings. The molecule has 0 bridgehead atoms. The number of para-hydroxylation sites is 3. The van der Waals surface area contributed by atoms with E-state index in [-0.39, 0.29) is 24.6 Å². The number of anilines is 2. The lowest BCUT2D eigenvalue weighted by atomic mass is 10.1. The minimum atomic E-state index is -4.44. The fraction of sp³-hybridized carbons (Fsp3) is 0.235. The molecule has 0 aromatic heterocycles. The summed E-state index contributed by atoms with van der Waals surface area (Å²) in [6.07, 6.45) is -4.42. The Morgan fingerprint density at radius 1 is 1.04 bits per heavy atom. The Morgan fingerprint density at radius 2 is 1.67 bits per heavy atom. The van der Waals surface area contributed by atoms with Crippen molar-refractivity contribution >= 4 is 17.3 Å². The first-order valence-corrected chi connectivity index (χ1v) is 7.25. The van der Waals surface area contributed by atoms with E-state index in [1.807, 2.05) is 0 Å². The smallest absolute Gasteiger partial charge is 0.418 e. The van der Waals surface area contributed by atoms with Gasteiger partial charge in [0.2, 0.25) is 5.91 Å². The molecule has 0 radical (unpaired) electrons. The van der Waals surface area contributed by atoms with Crippen LogP contribution in [0.3, 0.4) is 0 Å². The van der Waals surface area contributed by atoms with Crippen molar-refractivity contribution in [2.45, 2.75) is 12.6 Å². The van der Waals surface area contributed by atoms with E-state index in [0.717, 1.165) is 6.07 Å². The van der Waals surface area contributed by atoms with E-state index in [4.69, 9.17) is 4.74 Å². The van der Waals surface area contributed by atoms with Crippen molar-refractivity contribution in [3.05, 3.63) is 54.1 Å². The number of ether oxygens (including phenoxy) is 1. The Balaban J connectivity index is 1.92. The highest BCUT2D eigenvalue weighted by molar-refractivity contribution is 5.92. The van der Waals surface area contributed by atoms with Crippen LogP contribution in [0.1, 0.15) is 12.0 Å². The van der Waals surface area contributed by atoms with E-state index in [1.165, 1.54) is 25.3 Å². The lowest BCUT2D eigenvalue weighted by Crippen LogP contribution is -2.18. The number of hydrogen-bond acceptors (Lipinski definition) is 3. The predicted octanol–water partition coefficient (Wildman–Crippen LogP) is 4.15. The van der Waals surface area contributed by atoms with Crippen LogP contribution < -0.4 is 15.4 Å². The molecule has 0 saturated carbocycles. The van der Waals surface area contributed by atoms with Gasteiger partial charge >= 0.3 is 6.18 Å². The zero-order chi connectivity index (χ0) is 17.6. The fourth-order valence-electron chi connectivity index (χ4n) is 2.16. The van der Waals surface area contributed by atoms with Crippen molar-refractivity contribution < 1.29 is 22.7 Å². The monoisotopic (exact) mass is 338 g/mol. The molecular formula is C17H17F3N2O2. The average molecular weight is 338 g/mol. The average Bonchev–Trinajstić information content (AvgIpc) is 2.55. The maximum atomic E-state index is 12.9. The van der Waals surface area contributed by atoms with Crippen LogP contribution in [0.15, 0.2) is 48.5 Å². The van der Waals surface area contributed by atoms with Gasteiger partial charge in [-0.25, -0.2) is 0 Å². The van der Waals surface area contributed by atoms with Crippen LogP contribution >= 0.6 is 0 Å². The second kappa shape index (κ2) is 7.72. The summed E-state index contributed by atoms with van der Waals surface area (Å²) in [5, 5.41) is 5.32. The quantitative estimate of drug-likeness (QED) is 0.832. The molecule has 1 amide bonds. The second-order valence-electron chi connectivity index (χ2n) is 4.97. The molecule has 4 nitrogen and oxygen atoms in total. The van der Waals surface area contributed by atoms with Gasteiger partial charge in [-0.1, -0.05) is 24.3 Å². The number of alkyl halides is 3. The van der Waals surface area contributed by atoms with Gasteiger partial charge in [0.25, 0.3) is 0 Å². The number of amides is 1. The summed E-state index contributed by atoms with van der Waals surface area (Å²) in [5.74, 6) is 0.192. The lowest BCUT2D eigenvalue weighted by molar-refractivity contribution is -0.137. The van der Waals surface area contributed by atoms with Gasteiger partial charge in [0.15, 0.2) is 0 Å². The molecular weight excluding hydrogens is 321 g/mol. The molecule has 2 N–H and O–H groups in total. The molecule has 0 aliphatic rings. The third kappa shape index (κ3) is 4.65. The summed E-state index contributed by atoms with van der Waals surface area (Å²) >= 11 is 0. The molecule has 0 spiro atoms. The van der Waals surface area contributed by atoms with Gasteiger partial charge in [0, 0.05) is 18.7 Å². The van der Waals surface area contributed by atoms with Crippen LogP contribution in [0.2, 0.25) is 0 Å². The number of hydrogen-bond donors (Lipinski definition) is 2. The number of benzene rings is 2. The standard InChI is InChI=1S/C17H17F3N2O2/c1-24-15-9-5-4-8-14(15)22-16(23)10-11-21-13-7-3-2-6-12(13)17(18,19)20/h2-9,21H,10-11H2,1H3,(H,22,23). The highest BCUT2D eigenvalue weighted by Crippen LogP contribution is 2.34. The first-order valence-electron chi connectivity index (χ1n) is 7.25. The maximum absolute atomic E-state index is 12.9. The summed E-state index contributed by atoms with van der Waals surface area (Å²) in [6.45, 7) is 0.0775. The van der Waals surface area contributed by atoms with Crippen molar-refractivity contribution in [3.8, 4) is 5.75 Å². The first-order chi connectivity index (χ1) is 11.4. The number of rotatable bonds is 6. The maximum Gasteiger partial charge on any atom is 0.418 e. The van der Waals surface area contributed by atoms with Crippen LogP contribution in [0.5, 0.6) is 5.75 Å². The molecule has 0 unspecified atom stereocenters. The largest absolute Gasteiger partial charge is 0.495 e. The molecule has 128 valence electrons. The van der Waals surface area contributed by atoms with Gasteiger partial charge < -0.3 is 15.4 Å². The molecule has 2 aromatic carbocycles. The Hall–Kier alpha value is -2.70. The van der Waals surface area contributed by atoms with Crippen LogP contribution in [-0.4, -0.2) is 19.6 Å².